The monoisotopic (exact) mass is 353 g/mol. The van der Waals surface area contributed by atoms with Gasteiger partial charge in [0.1, 0.15) is 11.6 Å². The number of hydrogen-bond donors (Lipinski definition) is 0. The van der Waals surface area contributed by atoms with E-state index < -0.39 is 0 Å². The number of carbonyl (C=O) groups is 1. The Bertz CT molecular complexity index is 696. The van der Waals surface area contributed by atoms with Gasteiger partial charge in [0.2, 0.25) is 0 Å². The fourth-order valence-electron chi connectivity index (χ4n) is 3.11. The Morgan fingerprint density at radius 3 is 2.54 bits per heavy atom. The maximum Gasteiger partial charge on any atom is 0.255 e. The maximum absolute atomic E-state index is 12.7. The van der Waals surface area contributed by atoms with Gasteiger partial charge in [-0.15, -0.1) is 0 Å². The van der Waals surface area contributed by atoms with E-state index in [2.05, 4.69) is 26.7 Å². The highest BCUT2D eigenvalue weighted by Crippen LogP contribution is 2.16. The quantitative estimate of drug-likeness (QED) is 0.799. The van der Waals surface area contributed by atoms with Crippen LogP contribution in [0.2, 0.25) is 0 Å². The summed E-state index contributed by atoms with van der Waals surface area (Å²) in [6, 6.07) is 9.74. The second-order valence-electron chi connectivity index (χ2n) is 6.65. The zero-order valence-electron chi connectivity index (χ0n) is 15.6. The molecule has 3 rings (SSSR count). The summed E-state index contributed by atoms with van der Waals surface area (Å²) in [6.07, 6.45) is 5.80. The molecule has 138 valence electrons. The summed E-state index contributed by atoms with van der Waals surface area (Å²) < 4.78 is 0. The number of pyridine rings is 2. The van der Waals surface area contributed by atoms with E-state index in [0.717, 1.165) is 44.1 Å². The van der Waals surface area contributed by atoms with E-state index in [1.807, 2.05) is 42.3 Å². The van der Waals surface area contributed by atoms with Gasteiger partial charge in [-0.05, 0) is 30.7 Å². The average molecular weight is 353 g/mol. The predicted molar refractivity (Wildman–Crippen MR) is 105 cm³/mol. The second kappa shape index (κ2) is 8.65. The summed E-state index contributed by atoms with van der Waals surface area (Å²) in [5.41, 5.74) is 0.656. The third-order valence-corrected chi connectivity index (χ3v) is 4.77. The van der Waals surface area contributed by atoms with E-state index >= 15 is 0 Å². The van der Waals surface area contributed by atoms with Gasteiger partial charge in [-0.25, -0.2) is 9.97 Å². The number of piperazine rings is 1. The molecule has 2 aromatic heterocycles. The van der Waals surface area contributed by atoms with Gasteiger partial charge in [0.15, 0.2) is 0 Å². The Kier molecular flexibility index (Phi) is 6.04. The SMILES string of the molecule is CCCCN(C)c1ccc(C(=O)N2CCN(c3ccccn3)CC2)cn1. The lowest BCUT2D eigenvalue weighted by Gasteiger charge is -2.35. The van der Waals surface area contributed by atoms with E-state index in [1.54, 1.807) is 12.4 Å². The van der Waals surface area contributed by atoms with Crippen molar-refractivity contribution in [3.05, 3.63) is 48.3 Å². The highest BCUT2D eigenvalue weighted by Gasteiger charge is 2.23. The highest BCUT2D eigenvalue weighted by atomic mass is 16.2. The van der Waals surface area contributed by atoms with E-state index in [-0.39, 0.29) is 5.91 Å². The van der Waals surface area contributed by atoms with Crippen molar-refractivity contribution < 1.29 is 4.79 Å². The minimum Gasteiger partial charge on any atom is -0.360 e. The van der Waals surface area contributed by atoms with Crippen molar-refractivity contribution in [3.63, 3.8) is 0 Å². The second-order valence-corrected chi connectivity index (χ2v) is 6.65. The molecule has 0 aliphatic carbocycles. The summed E-state index contributed by atoms with van der Waals surface area (Å²) in [4.78, 5) is 27.8. The largest absolute Gasteiger partial charge is 0.360 e. The van der Waals surface area contributed by atoms with Crippen LogP contribution in [0, 0.1) is 0 Å². The summed E-state index contributed by atoms with van der Waals surface area (Å²) in [5.74, 6) is 1.94. The highest BCUT2D eigenvalue weighted by molar-refractivity contribution is 5.94. The molecule has 0 N–H and O–H groups in total. The summed E-state index contributed by atoms with van der Waals surface area (Å²) in [7, 11) is 2.04. The lowest BCUT2D eigenvalue weighted by molar-refractivity contribution is 0.0746. The number of nitrogens with zero attached hydrogens (tertiary/aromatic N) is 5. The summed E-state index contributed by atoms with van der Waals surface area (Å²) >= 11 is 0. The Hall–Kier alpha value is -2.63. The van der Waals surface area contributed by atoms with Crippen LogP contribution in [0.15, 0.2) is 42.7 Å². The Morgan fingerprint density at radius 2 is 1.92 bits per heavy atom. The van der Waals surface area contributed by atoms with E-state index in [4.69, 9.17) is 0 Å². The van der Waals surface area contributed by atoms with Crippen LogP contribution in [-0.4, -0.2) is 60.5 Å². The number of hydrogen-bond acceptors (Lipinski definition) is 5. The molecular formula is C20H27N5O. The van der Waals surface area contributed by atoms with Crippen LogP contribution in [0.5, 0.6) is 0 Å². The zero-order valence-corrected chi connectivity index (χ0v) is 15.6. The number of unbranched alkanes of at least 4 members (excludes halogenated alkanes) is 1. The molecule has 1 aliphatic heterocycles. The molecule has 0 aromatic carbocycles. The molecule has 1 saturated heterocycles. The van der Waals surface area contributed by atoms with Crippen LogP contribution in [0.1, 0.15) is 30.1 Å². The molecule has 0 bridgehead atoms. The number of amides is 1. The van der Waals surface area contributed by atoms with Crippen molar-refractivity contribution >= 4 is 17.5 Å². The molecule has 6 nitrogen and oxygen atoms in total. The van der Waals surface area contributed by atoms with E-state index in [0.29, 0.717) is 18.7 Å². The first-order valence-electron chi connectivity index (χ1n) is 9.31. The average Bonchev–Trinajstić information content (AvgIpc) is 2.72. The minimum atomic E-state index is 0.0564. The normalized spacial score (nSPS) is 14.4. The van der Waals surface area contributed by atoms with Gasteiger partial charge < -0.3 is 14.7 Å². The van der Waals surface area contributed by atoms with Gasteiger partial charge in [-0.3, -0.25) is 4.79 Å². The Morgan fingerprint density at radius 1 is 1.12 bits per heavy atom. The van der Waals surface area contributed by atoms with Gasteiger partial charge in [0.05, 0.1) is 5.56 Å². The van der Waals surface area contributed by atoms with Gasteiger partial charge in [-0.2, -0.15) is 0 Å². The van der Waals surface area contributed by atoms with Crippen molar-refractivity contribution in [2.75, 3.05) is 49.6 Å². The van der Waals surface area contributed by atoms with Crippen molar-refractivity contribution in [2.24, 2.45) is 0 Å². The number of anilines is 2. The minimum absolute atomic E-state index is 0.0564. The molecule has 0 radical (unpaired) electrons. The lowest BCUT2D eigenvalue weighted by atomic mass is 10.2. The number of carbonyl (C=O) groups excluding carboxylic acids is 1. The molecular weight excluding hydrogens is 326 g/mol. The topological polar surface area (TPSA) is 52.6 Å². The van der Waals surface area contributed by atoms with Crippen LogP contribution in [0.25, 0.3) is 0 Å². The van der Waals surface area contributed by atoms with Crippen molar-refractivity contribution in [3.8, 4) is 0 Å². The van der Waals surface area contributed by atoms with Crippen LogP contribution in [0.3, 0.4) is 0 Å². The van der Waals surface area contributed by atoms with E-state index in [1.165, 1.54) is 0 Å². The fourth-order valence-corrected chi connectivity index (χ4v) is 3.11. The van der Waals surface area contributed by atoms with Crippen LogP contribution >= 0.6 is 0 Å². The van der Waals surface area contributed by atoms with Crippen LogP contribution in [0.4, 0.5) is 11.6 Å². The molecule has 1 amide bonds. The predicted octanol–water partition coefficient (Wildman–Crippen LogP) is 2.68. The molecule has 0 saturated carbocycles. The third kappa shape index (κ3) is 4.31. The number of aromatic nitrogens is 2. The maximum atomic E-state index is 12.7. The first-order valence-corrected chi connectivity index (χ1v) is 9.31. The molecule has 0 spiro atoms. The molecule has 6 heteroatoms. The molecule has 1 fully saturated rings. The summed E-state index contributed by atoms with van der Waals surface area (Å²) in [6.45, 7) is 6.16. The van der Waals surface area contributed by atoms with Gasteiger partial charge in [-0.1, -0.05) is 19.4 Å². The smallest absolute Gasteiger partial charge is 0.255 e. The zero-order chi connectivity index (χ0) is 18.4. The van der Waals surface area contributed by atoms with Gasteiger partial charge in [0, 0.05) is 52.2 Å². The standard InChI is InChI=1S/C20H27N5O/c1-3-4-11-23(2)18-9-8-17(16-22-18)20(26)25-14-12-24(13-15-25)19-7-5-6-10-21-19/h5-10,16H,3-4,11-15H2,1-2H3. The molecule has 26 heavy (non-hydrogen) atoms. The Balaban J connectivity index is 1.56. The van der Waals surface area contributed by atoms with Crippen molar-refractivity contribution in [1.29, 1.82) is 0 Å². The summed E-state index contributed by atoms with van der Waals surface area (Å²) in [5, 5.41) is 0. The molecule has 1 aliphatic rings. The Labute approximate surface area is 155 Å². The number of rotatable bonds is 6. The molecule has 0 unspecified atom stereocenters. The molecule has 2 aromatic rings. The van der Waals surface area contributed by atoms with Crippen molar-refractivity contribution in [2.45, 2.75) is 19.8 Å². The fraction of sp³-hybridized carbons (Fsp3) is 0.450. The van der Waals surface area contributed by atoms with E-state index in [9.17, 15) is 4.79 Å². The van der Waals surface area contributed by atoms with Crippen LogP contribution in [-0.2, 0) is 0 Å². The van der Waals surface area contributed by atoms with Gasteiger partial charge in [0.25, 0.3) is 5.91 Å². The molecule has 3 heterocycles. The van der Waals surface area contributed by atoms with Gasteiger partial charge >= 0.3 is 0 Å². The van der Waals surface area contributed by atoms with Crippen LogP contribution < -0.4 is 9.80 Å². The van der Waals surface area contributed by atoms with Crippen molar-refractivity contribution in [1.82, 2.24) is 14.9 Å². The first kappa shape index (κ1) is 18.2. The first-order chi connectivity index (χ1) is 12.7. The molecule has 0 atom stereocenters. The third-order valence-electron chi connectivity index (χ3n) is 4.77. The lowest BCUT2D eigenvalue weighted by Crippen LogP contribution is -2.49.